The van der Waals surface area contributed by atoms with Crippen LogP contribution in [0.5, 0.6) is 0 Å². The van der Waals surface area contributed by atoms with Crippen LogP contribution in [0.3, 0.4) is 0 Å². The molecule has 0 radical (unpaired) electrons. The number of hydrogen-bond acceptors (Lipinski definition) is 2. The van der Waals surface area contributed by atoms with Gasteiger partial charge in [0, 0.05) is 25.5 Å². The second-order valence-corrected chi connectivity index (χ2v) is 5.44. The zero-order chi connectivity index (χ0) is 15.4. The average Bonchev–Trinajstić information content (AvgIpc) is 3.30. The summed E-state index contributed by atoms with van der Waals surface area (Å²) in [6, 6.07) is 5.93. The smallest absolute Gasteiger partial charge is 0.321 e. The molecule has 2 rings (SSSR count). The second kappa shape index (κ2) is 6.67. The van der Waals surface area contributed by atoms with Crippen molar-refractivity contribution in [3.63, 3.8) is 0 Å². The predicted molar refractivity (Wildman–Crippen MR) is 76.1 cm³/mol. The predicted octanol–water partition coefficient (Wildman–Crippen LogP) is 0.217. The fourth-order valence-corrected chi connectivity index (χ4v) is 2.39. The zero-order valence-corrected chi connectivity index (χ0v) is 12.3. The molecule has 1 unspecified atom stereocenters. The van der Waals surface area contributed by atoms with Gasteiger partial charge in [0.05, 0.1) is 6.04 Å². The highest BCUT2D eigenvalue weighted by Gasteiger charge is 2.39. The van der Waals surface area contributed by atoms with E-state index in [1.807, 2.05) is 6.92 Å². The van der Waals surface area contributed by atoms with Crippen LogP contribution in [-0.2, 0) is 11.3 Å². The molecule has 0 bridgehead atoms. The fourth-order valence-electron chi connectivity index (χ4n) is 2.39. The monoisotopic (exact) mass is 294 g/mol. The highest BCUT2D eigenvalue weighted by Crippen LogP contribution is 2.16. The first-order valence-corrected chi connectivity index (χ1v) is 7.14. The third-order valence-electron chi connectivity index (χ3n) is 3.84. The molecule has 3 N–H and O–H groups in total. The van der Waals surface area contributed by atoms with Crippen molar-refractivity contribution in [2.45, 2.75) is 38.4 Å². The van der Waals surface area contributed by atoms with Crippen molar-refractivity contribution >= 4 is 11.9 Å². The molecule has 0 aliphatic heterocycles. The number of imide groups is 1. The maximum Gasteiger partial charge on any atom is 0.321 e. The highest BCUT2D eigenvalue weighted by atomic mass is 19.1. The largest absolute Gasteiger partial charge is 0.341 e. The molecule has 0 heterocycles. The van der Waals surface area contributed by atoms with Crippen LogP contribution < -0.4 is 15.5 Å². The summed E-state index contributed by atoms with van der Waals surface area (Å²) in [6.45, 7) is 2.46. The Morgan fingerprint density at radius 1 is 1.33 bits per heavy atom. The van der Waals surface area contributed by atoms with Gasteiger partial charge in [-0.1, -0.05) is 12.1 Å². The van der Waals surface area contributed by atoms with Crippen molar-refractivity contribution in [2.24, 2.45) is 0 Å². The first kappa shape index (κ1) is 15.4. The maximum atomic E-state index is 12.9. The summed E-state index contributed by atoms with van der Waals surface area (Å²) in [6.07, 6.45) is 2.16. The number of hydrogen-bond donors (Lipinski definition) is 3. The summed E-state index contributed by atoms with van der Waals surface area (Å²) in [7, 11) is 1.47. The van der Waals surface area contributed by atoms with Gasteiger partial charge < -0.3 is 10.2 Å². The molecule has 0 spiro atoms. The maximum absolute atomic E-state index is 12.9. The van der Waals surface area contributed by atoms with Crippen molar-refractivity contribution in [3.8, 4) is 0 Å². The van der Waals surface area contributed by atoms with E-state index in [2.05, 4.69) is 10.6 Å². The number of quaternary nitrogens is 1. The van der Waals surface area contributed by atoms with Gasteiger partial charge in [-0.3, -0.25) is 10.1 Å². The van der Waals surface area contributed by atoms with Gasteiger partial charge in [-0.15, -0.1) is 0 Å². The highest BCUT2D eigenvalue weighted by molar-refractivity contribution is 5.96. The van der Waals surface area contributed by atoms with E-state index >= 15 is 0 Å². The lowest BCUT2D eigenvalue weighted by atomic mass is 10.1. The number of nitrogens with one attached hydrogen (secondary N) is 3. The first-order valence-electron chi connectivity index (χ1n) is 7.14. The Kier molecular flexibility index (Phi) is 4.90. The van der Waals surface area contributed by atoms with E-state index in [0.717, 1.165) is 23.3 Å². The van der Waals surface area contributed by atoms with Crippen LogP contribution in [0.2, 0.25) is 0 Å². The third-order valence-corrected chi connectivity index (χ3v) is 3.84. The van der Waals surface area contributed by atoms with Crippen molar-refractivity contribution < 1.29 is 18.9 Å². The van der Waals surface area contributed by atoms with E-state index in [-0.39, 0.29) is 17.8 Å². The van der Waals surface area contributed by atoms with Crippen molar-refractivity contribution in [1.82, 2.24) is 10.6 Å². The number of carbonyl (C=O) groups excluding carboxylic acids is 2. The van der Waals surface area contributed by atoms with E-state index in [0.29, 0.717) is 12.6 Å². The quantitative estimate of drug-likeness (QED) is 0.727. The lowest BCUT2D eigenvalue weighted by Crippen LogP contribution is -3.16. The van der Waals surface area contributed by atoms with Crippen molar-refractivity contribution in [2.75, 3.05) is 7.05 Å². The van der Waals surface area contributed by atoms with Gasteiger partial charge in [0.25, 0.3) is 5.91 Å². The Hall–Kier alpha value is -1.95. The molecule has 1 aromatic carbocycles. The number of rotatable bonds is 5. The lowest BCUT2D eigenvalue weighted by molar-refractivity contribution is -0.938. The fraction of sp³-hybridized carbons (Fsp3) is 0.467. The molecule has 21 heavy (non-hydrogen) atoms. The Bertz CT molecular complexity index is 514. The number of halogens is 1. The topological polar surface area (TPSA) is 62.6 Å². The van der Waals surface area contributed by atoms with Crippen LogP contribution in [-0.4, -0.2) is 31.1 Å². The van der Waals surface area contributed by atoms with E-state index < -0.39 is 6.03 Å². The summed E-state index contributed by atoms with van der Waals surface area (Å²) < 4.78 is 12.9. The normalized spacial score (nSPS) is 16.9. The second-order valence-electron chi connectivity index (χ2n) is 5.44. The summed E-state index contributed by atoms with van der Waals surface area (Å²) in [5.74, 6) is -0.560. The minimum absolute atomic E-state index is 0.267. The molecule has 1 saturated carbocycles. The Balaban J connectivity index is 2.02. The number of urea groups is 1. The Morgan fingerprint density at radius 3 is 2.48 bits per heavy atom. The Morgan fingerprint density at radius 2 is 1.95 bits per heavy atom. The van der Waals surface area contributed by atoms with Crippen molar-refractivity contribution in [3.05, 3.63) is 35.6 Å². The molecule has 5 nitrogen and oxygen atoms in total. The van der Waals surface area contributed by atoms with Gasteiger partial charge in [0.15, 0.2) is 6.04 Å². The first-order chi connectivity index (χ1) is 10.0. The van der Waals surface area contributed by atoms with E-state index in [4.69, 9.17) is 0 Å². The van der Waals surface area contributed by atoms with E-state index in [9.17, 15) is 14.0 Å². The van der Waals surface area contributed by atoms with Crippen LogP contribution in [0.1, 0.15) is 25.3 Å². The van der Waals surface area contributed by atoms with Gasteiger partial charge in [0.1, 0.15) is 12.4 Å². The number of carbonyl (C=O) groups is 2. The molecule has 0 aromatic heterocycles. The summed E-state index contributed by atoms with van der Waals surface area (Å²) >= 11 is 0. The minimum Gasteiger partial charge on any atom is -0.341 e. The van der Waals surface area contributed by atoms with Crippen molar-refractivity contribution in [1.29, 1.82) is 0 Å². The van der Waals surface area contributed by atoms with E-state index in [1.165, 1.54) is 19.2 Å². The molecule has 1 aliphatic rings. The summed E-state index contributed by atoms with van der Waals surface area (Å²) in [5.41, 5.74) is 0.984. The third kappa shape index (κ3) is 4.26. The SMILES string of the molecule is CNC(=O)NC(=O)[C@@H](C)[NH+](Cc1ccc(F)cc1)C1CC1. The van der Waals surface area contributed by atoms with Crippen LogP contribution in [0, 0.1) is 5.82 Å². The van der Waals surface area contributed by atoms with Crippen LogP contribution in [0.25, 0.3) is 0 Å². The van der Waals surface area contributed by atoms with Crippen LogP contribution >= 0.6 is 0 Å². The van der Waals surface area contributed by atoms with Gasteiger partial charge in [0.2, 0.25) is 0 Å². The molecule has 2 atom stereocenters. The number of amides is 3. The number of benzene rings is 1. The lowest BCUT2D eigenvalue weighted by Gasteiger charge is -2.25. The van der Waals surface area contributed by atoms with E-state index in [1.54, 1.807) is 12.1 Å². The zero-order valence-electron chi connectivity index (χ0n) is 12.3. The molecule has 3 amide bonds. The van der Waals surface area contributed by atoms with Gasteiger partial charge in [-0.05, 0) is 19.1 Å². The average molecular weight is 294 g/mol. The minimum atomic E-state index is -0.497. The van der Waals surface area contributed by atoms with Crippen LogP contribution in [0.4, 0.5) is 9.18 Å². The van der Waals surface area contributed by atoms with Gasteiger partial charge in [-0.2, -0.15) is 0 Å². The standard InChI is InChI=1S/C15H20FN3O2/c1-10(14(20)18-15(21)17-2)19(13-7-8-13)9-11-3-5-12(16)6-4-11/h3-6,10,13H,7-9H2,1-2H3,(H2,17,18,20,21)/p+1/t10-/m1/s1. The Labute approximate surface area is 123 Å². The molecule has 0 saturated heterocycles. The summed E-state index contributed by atoms with van der Waals surface area (Å²) in [5, 5.41) is 4.69. The molecule has 1 fully saturated rings. The molecule has 1 aromatic rings. The molecule has 114 valence electrons. The molecular weight excluding hydrogens is 273 g/mol. The molecule has 1 aliphatic carbocycles. The van der Waals surface area contributed by atoms with Gasteiger partial charge >= 0.3 is 6.03 Å². The van der Waals surface area contributed by atoms with Gasteiger partial charge in [-0.25, -0.2) is 9.18 Å². The van der Waals surface area contributed by atoms with Crippen LogP contribution in [0.15, 0.2) is 24.3 Å². The summed E-state index contributed by atoms with van der Waals surface area (Å²) in [4.78, 5) is 24.4. The molecular formula is C15H21FN3O2+. The molecule has 6 heteroatoms.